The molecule has 1 aromatic rings. The standard InChI is InChI=1S/C11H14N2O2/c1-3-15-10(14)11(2)7-4-6-5-12-13-9(6)8(7)11/h5,7-8H,3-4H2,1-2H3,(H,12,13). The monoisotopic (exact) mass is 206 g/mol. The second-order valence-electron chi connectivity index (χ2n) is 4.59. The van der Waals surface area contributed by atoms with E-state index in [-0.39, 0.29) is 17.3 Å². The fraction of sp³-hybridized carbons (Fsp3) is 0.636. The highest BCUT2D eigenvalue weighted by Gasteiger charge is 2.71. The summed E-state index contributed by atoms with van der Waals surface area (Å²) in [6.07, 6.45) is 2.90. The van der Waals surface area contributed by atoms with Crippen LogP contribution in [0.4, 0.5) is 0 Å². The summed E-state index contributed by atoms with van der Waals surface area (Å²) < 4.78 is 5.12. The van der Waals surface area contributed by atoms with Crippen molar-refractivity contribution in [2.75, 3.05) is 6.61 Å². The molecule has 80 valence electrons. The van der Waals surface area contributed by atoms with Crippen molar-refractivity contribution in [3.8, 4) is 0 Å². The predicted octanol–water partition coefficient (Wildman–Crippen LogP) is 1.25. The molecule has 1 N–H and O–H groups in total. The van der Waals surface area contributed by atoms with E-state index in [0.717, 1.165) is 12.1 Å². The highest BCUT2D eigenvalue weighted by molar-refractivity contribution is 5.83. The number of aromatic amines is 1. The minimum atomic E-state index is -0.307. The maximum absolute atomic E-state index is 11.8. The van der Waals surface area contributed by atoms with Crippen molar-refractivity contribution >= 4 is 5.97 Å². The second kappa shape index (κ2) is 2.62. The average molecular weight is 206 g/mol. The first-order chi connectivity index (χ1) is 7.19. The number of carbonyl (C=O) groups excluding carboxylic acids is 1. The van der Waals surface area contributed by atoms with E-state index in [9.17, 15) is 4.79 Å². The van der Waals surface area contributed by atoms with Gasteiger partial charge in [0, 0.05) is 12.1 Å². The molecule has 0 spiro atoms. The van der Waals surface area contributed by atoms with Gasteiger partial charge in [-0.2, -0.15) is 5.10 Å². The number of aromatic nitrogens is 2. The van der Waals surface area contributed by atoms with Crippen LogP contribution in [-0.4, -0.2) is 22.8 Å². The largest absolute Gasteiger partial charge is 0.466 e. The lowest BCUT2D eigenvalue weighted by Crippen LogP contribution is -2.21. The Morgan fingerprint density at radius 1 is 1.80 bits per heavy atom. The molecule has 2 aliphatic rings. The third-order valence-corrected chi connectivity index (χ3v) is 3.91. The van der Waals surface area contributed by atoms with Crippen molar-refractivity contribution in [1.29, 1.82) is 0 Å². The Hall–Kier alpha value is -1.32. The van der Waals surface area contributed by atoms with Gasteiger partial charge in [-0.05, 0) is 31.7 Å². The fourth-order valence-electron chi connectivity index (χ4n) is 2.97. The summed E-state index contributed by atoms with van der Waals surface area (Å²) >= 11 is 0. The number of ether oxygens (including phenoxy) is 1. The van der Waals surface area contributed by atoms with Crippen molar-refractivity contribution in [2.24, 2.45) is 11.3 Å². The fourth-order valence-corrected chi connectivity index (χ4v) is 2.97. The molecule has 3 atom stereocenters. The molecule has 0 radical (unpaired) electrons. The molecule has 1 saturated carbocycles. The number of fused-ring (bicyclic) bond motifs is 3. The first-order valence-corrected chi connectivity index (χ1v) is 5.39. The minimum Gasteiger partial charge on any atom is -0.466 e. The number of rotatable bonds is 2. The van der Waals surface area contributed by atoms with Crippen LogP contribution in [0.2, 0.25) is 0 Å². The number of hydrogen-bond acceptors (Lipinski definition) is 3. The number of hydrogen-bond donors (Lipinski definition) is 1. The molecule has 15 heavy (non-hydrogen) atoms. The first kappa shape index (κ1) is 8.95. The molecule has 1 heterocycles. The third kappa shape index (κ3) is 0.919. The van der Waals surface area contributed by atoms with Crippen LogP contribution < -0.4 is 0 Å². The highest BCUT2D eigenvalue weighted by atomic mass is 16.5. The quantitative estimate of drug-likeness (QED) is 0.741. The van der Waals surface area contributed by atoms with E-state index in [0.29, 0.717) is 12.5 Å². The predicted molar refractivity (Wildman–Crippen MR) is 53.3 cm³/mol. The Kier molecular flexibility index (Phi) is 1.56. The lowest BCUT2D eigenvalue weighted by molar-refractivity contribution is -0.149. The Morgan fingerprint density at radius 2 is 2.60 bits per heavy atom. The summed E-state index contributed by atoms with van der Waals surface area (Å²) in [6, 6.07) is 0. The normalized spacial score (nSPS) is 35.9. The van der Waals surface area contributed by atoms with Crippen LogP contribution in [0.25, 0.3) is 0 Å². The van der Waals surface area contributed by atoms with E-state index in [1.165, 1.54) is 5.56 Å². The van der Waals surface area contributed by atoms with E-state index in [2.05, 4.69) is 10.2 Å². The van der Waals surface area contributed by atoms with Crippen molar-refractivity contribution in [3.63, 3.8) is 0 Å². The van der Waals surface area contributed by atoms with Crippen molar-refractivity contribution in [2.45, 2.75) is 26.2 Å². The molecule has 4 heteroatoms. The molecule has 0 aliphatic heterocycles. The first-order valence-electron chi connectivity index (χ1n) is 5.39. The maximum Gasteiger partial charge on any atom is 0.312 e. The van der Waals surface area contributed by atoms with Gasteiger partial charge in [0.15, 0.2) is 0 Å². The Labute approximate surface area is 88.0 Å². The molecule has 1 aromatic heterocycles. The summed E-state index contributed by atoms with van der Waals surface area (Å²) in [5, 5.41) is 7.09. The van der Waals surface area contributed by atoms with Gasteiger partial charge in [-0.15, -0.1) is 0 Å². The molecule has 0 saturated heterocycles. The number of esters is 1. The van der Waals surface area contributed by atoms with Crippen molar-refractivity contribution in [3.05, 3.63) is 17.5 Å². The Balaban J connectivity index is 1.88. The van der Waals surface area contributed by atoms with Gasteiger partial charge in [0.2, 0.25) is 0 Å². The summed E-state index contributed by atoms with van der Waals surface area (Å²) in [5.74, 6) is 0.648. The van der Waals surface area contributed by atoms with Crippen LogP contribution >= 0.6 is 0 Å². The highest BCUT2D eigenvalue weighted by Crippen LogP contribution is 2.70. The van der Waals surface area contributed by atoms with E-state index in [4.69, 9.17) is 4.74 Å². The van der Waals surface area contributed by atoms with Gasteiger partial charge in [0.05, 0.1) is 17.7 Å². The van der Waals surface area contributed by atoms with Gasteiger partial charge in [0.1, 0.15) is 0 Å². The van der Waals surface area contributed by atoms with Gasteiger partial charge < -0.3 is 4.74 Å². The van der Waals surface area contributed by atoms with Gasteiger partial charge in [-0.25, -0.2) is 0 Å². The Bertz CT molecular complexity index is 426. The zero-order valence-corrected chi connectivity index (χ0v) is 8.91. The summed E-state index contributed by atoms with van der Waals surface area (Å²) in [7, 11) is 0. The molecule has 1 fully saturated rings. The van der Waals surface area contributed by atoms with Crippen LogP contribution in [0, 0.1) is 11.3 Å². The van der Waals surface area contributed by atoms with Gasteiger partial charge in [-0.1, -0.05) is 0 Å². The third-order valence-electron chi connectivity index (χ3n) is 3.91. The minimum absolute atomic E-state index is 0.0614. The van der Waals surface area contributed by atoms with Crippen LogP contribution in [0.15, 0.2) is 6.20 Å². The zero-order valence-electron chi connectivity index (χ0n) is 8.91. The van der Waals surface area contributed by atoms with E-state index in [1.54, 1.807) is 0 Å². The van der Waals surface area contributed by atoms with Crippen molar-refractivity contribution < 1.29 is 9.53 Å². The van der Waals surface area contributed by atoms with Gasteiger partial charge in [-0.3, -0.25) is 9.89 Å². The topological polar surface area (TPSA) is 55.0 Å². The van der Waals surface area contributed by atoms with E-state index < -0.39 is 0 Å². The number of H-pyrrole nitrogens is 1. The average Bonchev–Trinajstić information content (AvgIpc) is 2.56. The lowest BCUT2D eigenvalue weighted by Gasteiger charge is -2.12. The van der Waals surface area contributed by atoms with Gasteiger partial charge in [0.25, 0.3) is 0 Å². The Morgan fingerprint density at radius 3 is 3.33 bits per heavy atom. The molecule has 3 rings (SSSR count). The summed E-state index contributed by atoms with van der Waals surface area (Å²) in [5.41, 5.74) is 2.04. The van der Waals surface area contributed by atoms with Gasteiger partial charge >= 0.3 is 5.97 Å². The maximum atomic E-state index is 11.8. The van der Waals surface area contributed by atoms with E-state index in [1.807, 2.05) is 20.0 Å². The molecule has 3 unspecified atom stereocenters. The molecule has 2 aliphatic carbocycles. The molecule has 0 amide bonds. The van der Waals surface area contributed by atoms with Crippen LogP contribution in [0.5, 0.6) is 0 Å². The second-order valence-corrected chi connectivity index (χ2v) is 4.59. The molecular formula is C11H14N2O2. The van der Waals surface area contributed by atoms with Crippen LogP contribution in [-0.2, 0) is 16.0 Å². The van der Waals surface area contributed by atoms with Crippen LogP contribution in [0.3, 0.4) is 0 Å². The zero-order chi connectivity index (χ0) is 10.6. The number of nitrogens with one attached hydrogen (secondary N) is 1. The number of carbonyl (C=O) groups is 1. The summed E-state index contributed by atoms with van der Waals surface area (Å²) in [6.45, 7) is 4.30. The smallest absolute Gasteiger partial charge is 0.312 e. The van der Waals surface area contributed by atoms with Crippen LogP contribution in [0.1, 0.15) is 31.0 Å². The number of nitrogens with zero attached hydrogens (tertiary/aromatic N) is 1. The van der Waals surface area contributed by atoms with E-state index >= 15 is 0 Å². The molecule has 0 aromatic carbocycles. The molecule has 4 nitrogen and oxygen atoms in total. The summed E-state index contributed by atoms with van der Waals surface area (Å²) in [4.78, 5) is 11.8. The molecular weight excluding hydrogens is 192 g/mol. The van der Waals surface area contributed by atoms with Crippen molar-refractivity contribution in [1.82, 2.24) is 10.2 Å². The SMILES string of the molecule is CCOC(=O)C1(C)C2Cc3c[nH]nc3C21. The molecule has 0 bridgehead atoms. The lowest BCUT2D eigenvalue weighted by atomic mass is 9.97.